The lowest BCUT2D eigenvalue weighted by molar-refractivity contribution is -0.135. The van der Waals surface area contributed by atoms with Crippen molar-refractivity contribution in [3.05, 3.63) is 53.4 Å². The first-order valence-corrected chi connectivity index (χ1v) is 6.49. The van der Waals surface area contributed by atoms with E-state index in [2.05, 4.69) is 5.32 Å². The molecule has 0 bridgehead atoms. The predicted octanol–water partition coefficient (Wildman–Crippen LogP) is 2.73. The zero-order valence-corrected chi connectivity index (χ0v) is 11.7. The molecule has 0 unspecified atom stereocenters. The summed E-state index contributed by atoms with van der Waals surface area (Å²) in [5.74, 6) is -0.534. The maximum atomic E-state index is 12.1. The second-order valence-electron chi connectivity index (χ2n) is 4.19. The number of urea groups is 1. The minimum absolute atomic E-state index is 0.176. The van der Waals surface area contributed by atoms with E-state index in [9.17, 15) is 9.59 Å². The average molecular weight is 309 g/mol. The molecule has 1 aromatic heterocycles. The van der Waals surface area contributed by atoms with E-state index < -0.39 is 18.5 Å². The van der Waals surface area contributed by atoms with Crippen LogP contribution >= 0.6 is 11.6 Å². The molecule has 0 aliphatic carbocycles. The van der Waals surface area contributed by atoms with Crippen molar-refractivity contribution in [1.82, 2.24) is 5.32 Å². The maximum Gasteiger partial charge on any atom is 0.323 e. The van der Waals surface area contributed by atoms with Crippen LogP contribution in [0.3, 0.4) is 0 Å². The Morgan fingerprint density at radius 2 is 1.95 bits per heavy atom. The van der Waals surface area contributed by atoms with Crippen LogP contribution in [0.15, 0.2) is 47.1 Å². The fourth-order valence-electron chi connectivity index (χ4n) is 1.71. The summed E-state index contributed by atoms with van der Waals surface area (Å²) in [5, 5.41) is 12.0. The third-order valence-electron chi connectivity index (χ3n) is 2.67. The van der Waals surface area contributed by atoms with E-state index in [1.807, 2.05) is 0 Å². The van der Waals surface area contributed by atoms with Crippen LogP contribution in [0.4, 0.5) is 10.5 Å². The van der Waals surface area contributed by atoms with Gasteiger partial charge in [-0.3, -0.25) is 9.69 Å². The van der Waals surface area contributed by atoms with Gasteiger partial charge in [-0.05, 0) is 36.4 Å². The number of carbonyl (C=O) groups excluding carboxylic acids is 1. The Bertz CT molecular complexity index is 610. The minimum Gasteiger partial charge on any atom is -0.480 e. The van der Waals surface area contributed by atoms with Crippen LogP contribution in [0, 0.1) is 0 Å². The minimum atomic E-state index is -1.11. The van der Waals surface area contributed by atoms with E-state index in [-0.39, 0.29) is 6.54 Å². The Hall–Kier alpha value is -2.47. The molecule has 7 heteroatoms. The van der Waals surface area contributed by atoms with Crippen molar-refractivity contribution >= 4 is 29.3 Å². The standard InChI is InChI=1S/C14H13ClN2O4/c15-10-3-5-11(6-4-10)17(9-13(18)19)14(20)16-8-12-2-1-7-21-12/h1-7H,8-9H2,(H,16,20)(H,18,19). The lowest BCUT2D eigenvalue weighted by Gasteiger charge is -2.21. The van der Waals surface area contributed by atoms with Crippen molar-refractivity contribution in [2.24, 2.45) is 0 Å². The number of nitrogens with zero attached hydrogens (tertiary/aromatic N) is 1. The number of rotatable bonds is 5. The van der Waals surface area contributed by atoms with Crippen molar-refractivity contribution in [2.75, 3.05) is 11.4 Å². The van der Waals surface area contributed by atoms with Gasteiger partial charge in [-0.2, -0.15) is 0 Å². The van der Waals surface area contributed by atoms with Crippen LogP contribution in [0.5, 0.6) is 0 Å². The smallest absolute Gasteiger partial charge is 0.323 e. The molecule has 0 aliphatic rings. The van der Waals surface area contributed by atoms with Crippen LogP contribution < -0.4 is 10.2 Å². The number of furan rings is 1. The molecule has 2 amide bonds. The zero-order chi connectivity index (χ0) is 15.2. The highest BCUT2D eigenvalue weighted by Crippen LogP contribution is 2.18. The number of hydrogen-bond donors (Lipinski definition) is 2. The normalized spacial score (nSPS) is 10.1. The summed E-state index contributed by atoms with van der Waals surface area (Å²) >= 11 is 5.78. The number of nitrogens with one attached hydrogen (secondary N) is 1. The predicted molar refractivity (Wildman–Crippen MR) is 77.4 cm³/mol. The molecule has 6 nitrogen and oxygen atoms in total. The molecule has 0 saturated heterocycles. The molecule has 0 saturated carbocycles. The largest absolute Gasteiger partial charge is 0.480 e. The molecule has 0 radical (unpaired) electrons. The molecule has 2 aromatic rings. The highest BCUT2D eigenvalue weighted by Gasteiger charge is 2.18. The summed E-state index contributed by atoms with van der Waals surface area (Å²) in [5.41, 5.74) is 0.443. The third-order valence-corrected chi connectivity index (χ3v) is 2.92. The summed E-state index contributed by atoms with van der Waals surface area (Å²) in [4.78, 5) is 24.2. The van der Waals surface area contributed by atoms with Gasteiger partial charge in [-0.15, -0.1) is 0 Å². The van der Waals surface area contributed by atoms with E-state index in [1.54, 1.807) is 36.4 Å². The van der Waals surface area contributed by atoms with Gasteiger partial charge in [0.15, 0.2) is 0 Å². The highest BCUT2D eigenvalue weighted by atomic mass is 35.5. The topological polar surface area (TPSA) is 82.8 Å². The van der Waals surface area contributed by atoms with E-state index in [4.69, 9.17) is 21.1 Å². The summed E-state index contributed by atoms with van der Waals surface area (Å²) in [6.45, 7) is -0.277. The highest BCUT2D eigenvalue weighted by molar-refractivity contribution is 6.30. The van der Waals surface area contributed by atoms with Gasteiger partial charge < -0.3 is 14.8 Å². The number of carboxylic acids is 1. The summed E-state index contributed by atoms with van der Waals surface area (Å²) in [6.07, 6.45) is 1.50. The molecule has 0 aliphatic heterocycles. The Labute approximate surface area is 125 Å². The number of carboxylic acid groups (broad SMARTS) is 1. The monoisotopic (exact) mass is 308 g/mol. The van der Waals surface area contributed by atoms with Crippen LogP contribution in [0.1, 0.15) is 5.76 Å². The summed E-state index contributed by atoms with van der Waals surface area (Å²) in [6, 6.07) is 9.22. The average Bonchev–Trinajstić information content (AvgIpc) is 2.96. The van der Waals surface area contributed by atoms with E-state index in [0.717, 1.165) is 4.90 Å². The maximum absolute atomic E-state index is 12.1. The van der Waals surface area contributed by atoms with Gasteiger partial charge in [0.1, 0.15) is 12.3 Å². The Morgan fingerprint density at radius 1 is 1.24 bits per heavy atom. The molecule has 110 valence electrons. The zero-order valence-electron chi connectivity index (χ0n) is 11.0. The van der Waals surface area contributed by atoms with Gasteiger partial charge in [0.2, 0.25) is 0 Å². The molecule has 2 rings (SSSR count). The molecule has 0 spiro atoms. The number of benzene rings is 1. The Kier molecular flexibility index (Phi) is 4.84. The molecular weight excluding hydrogens is 296 g/mol. The van der Waals surface area contributed by atoms with Crippen molar-refractivity contribution in [1.29, 1.82) is 0 Å². The van der Waals surface area contributed by atoms with Crippen molar-refractivity contribution in [3.8, 4) is 0 Å². The summed E-state index contributed by atoms with van der Waals surface area (Å²) in [7, 11) is 0. The number of halogens is 1. The van der Waals surface area contributed by atoms with Gasteiger partial charge in [-0.25, -0.2) is 4.79 Å². The second kappa shape index (κ2) is 6.81. The number of amides is 2. The Balaban J connectivity index is 2.09. The van der Waals surface area contributed by atoms with Crippen molar-refractivity contribution in [2.45, 2.75) is 6.54 Å². The SMILES string of the molecule is O=C(O)CN(C(=O)NCc1ccco1)c1ccc(Cl)cc1. The van der Waals surface area contributed by atoms with Crippen molar-refractivity contribution in [3.63, 3.8) is 0 Å². The number of carbonyl (C=O) groups is 2. The number of aliphatic carboxylic acids is 1. The molecule has 2 N–H and O–H groups in total. The van der Waals surface area contributed by atoms with Gasteiger partial charge in [0, 0.05) is 10.7 Å². The molecule has 0 atom stereocenters. The van der Waals surface area contributed by atoms with Gasteiger partial charge >= 0.3 is 12.0 Å². The van der Waals surface area contributed by atoms with E-state index in [1.165, 1.54) is 6.26 Å². The molecular formula is C14H13ClN2O4. The summed E-state index contributed by atoms with van der Waals surface area (Å²) < 4.78 is 5.10. The molecule has 21 heavy (non-hydrogen) atoms. The third kappa shape index (κ3) is 4.25. The van der Waals surface area contributed by atoms with Crippen LogP contribution in [0.25, 0.3) is 0 Å². The first-order valence-electron chi connectivity index (χ1n) is 6.11. The number of anilines is 1. The lowest BCUT2D eigenvalue weighted by Crippen LogP contribution is -2.42. The fraction of sp³-hybridized carbons (Fsp3) is 0.143. The van der Waals surface area contributed by atoms with Crippen LogP contribution in [0.2, 0.25) is 5.02 Å². The van der Waals surface area contributed by atoms with Gasteiger partial charge in [0.05, 0.1) is 12.8 Å². The molecule has 1 aromatic carbocycles. The first kappa shape index (κ1) is 14.9. The van der Waals surface area contributed by atoms with Gasteiger partial charge in [-0.1, -0.05) is 11.6 Å². The van der Waals surface area contributed by atoms with Gasteiger partial charge in [0.25, 0.3) is 0 Å². The molecule has 0 fully saturated rings. The molecule has 1 heterocycles. The quantitative estimate of drug-likeness (QED) is 0.889. The fourth-order valence-corrected chi connectivity index (χ4v) is 1.83. The second-order valence-corrected chi connectivity index (χ2v) is 4.63. The van der Waals surface area contributed by atoms with E-state index in [0.29, 0.717) is 16.5 Å². The van der Waals surface area contributed by atoms with Crippen LogP contribution in [-0.4, -0.2) is 23.7 Å². The van der Waals surface area contributed by atoms with E-state index >= 15 is 0 Å². The lowest BCUT2D eigenvalue weighted by atomic mass is 10.3. The number of hydrogen-bond acceptors (Lipinski definition) is 3. The Morgan fingerprint density at radius 3 is 2.52 bits per heavy atom. The van der Waals surface area contributed by atoms with Crippen molar-refractivity contribution < 1.29 is 19.1 Å². The first-order chi connectivity index (χ1) is 10.1. The van der Waals surface area contributed by atoms with Crippen LogP contribution in [-0.2, 0) is 11.3 Å².